The molecule has 1 aromatic carbocycles. The van der Waals surface area contributed by atoms with Crippen molar-refractivity contribution in [1.29, 1.82) is 0 Å². The Hall–Kier alpha value is -2.02. The number of thioether (sulfide) groups is 1. The molecule has 1 amide bonds. The molecule has 1 fully saturated rings. The van der Waals surface area contributed by atoms with Gasteiger partial charge in [-0.1, -0.05) is 43.2 Å². The van der Waals surface area contributed by atoms with Crippen molar-refractivity contribution in [3.05, 3.63) is 24.3 Å². The molecular formula is C20H27N3O3S. The zero-order valence-corrected chi connectivity index (χ0v) is 16.8. The molecule has 0 unspecified atom stereocenters. The minimum atomic E-state index is 0.142. The number of benzene rings is 1. The van der Waals surface area contributed by atoms with Crippen LogP contribution in [-0.2, 0) is 4.79 Å². The molecule has 0 bridgehead atoms. The van der Waals surface area contributed by atoms with Crippen LogP contribution >= 0.6 is 11.8 Å². The van der Waals surface area contributed by atoms with E-state index in [1.165, 1.54) is 31.0 Å². The summed E-state index contributed by atoms with van der Waals surface area (Å²) in [5.41, 5.74) is 0.766. The topological polar surface area (TPSA) is 68.5 Å². The quantitative estimate of drug-likeness (QED) is 0.623. The minimum Gasteiger partial charge on any atom is -0.493 e. The van der Waals surface area contributed by atoms with Crippen LogP contribution in [0.15, 0.2) is 33.9 Å². The molecule has 1 aliphatic carbocycles. The third-order valence-corrected chi connectivity index (χ3v) is 5.62. The molecule has 0 N–H and O–H groups in total. The van der Waals surface area contributed by atoms with Crippen molar-refractivity contribution in [3.8, 4) is 17.2 Å². The smallest absolute Gasteiger partial charge is 0.277 e. The Kier molecular flexibility index (Phi) is 7.15. The predicted molar refractivity (Wildman–Crippen MR) is 106 cm³/mol. The molecule has 27 heavy (non-hydrogen) atoms. The van der Waals surface area contributed by atoms with Gasteiger partial charge in [0.1, 0.15) is 5.75 Å². The molecule has 0 atom stereocenters. The number of amides is 1. The summed E-state index contributed by atoms with van der Waals surface area (Å²) < 4.78 is 11.4. The van der Waals surface area contributed by atoms with Gasteiger partial charge in [0.2, 0.25) is 5.91 Å². The summed E-state index contributed by atoms with van der Waals surface area (Å²) in [5.74, 6) is 1.59. The monoisotopic (exact) mass is 389 g/mol. The second-order valence-corrected chi connectivity index (χ2v) is 7.49. The highest BCUT2D eigenvalue weighted by Crippen LogP contribution is 2.31. The Morgan fingerprint density at radius 2 is 2.00 bits per heavy atom. The zero-order chi connectivity index (χ0) is 19.1. The average molecular weight is 390 g/mol. The largest absolute Gasteiger partial charge is 0.493 e. The van der Waals surface area contributed by atoms with Gasteiger partial charge < -0.3 is 14.1 Å². The van der Waals surface area contributed by atoms with E-state index in [9.17, 15) is 4.79 Å². The van der Waals surface area contributed by atoms with Crippen LogP contribution in [0, 0.1) is 0 Å². The number of carbonyl (C=O) groups is 1. The Balaban J connectivity index is 1.61. The van der Waals surface area contributed by atoms with Gasteiger partial charge in [0.25, 0.3) is 11.1 Å². The summed E-state index contributed by atoms with van der Waals surface area (Å²) in [6.07, 6.45) is 5.94. The van der Waals surface area contributed by atoms with Gasteiger partial charge in [0.05, 0.1) is 17.9 Å². The zero-order valence-electron chi connectivity index (χ0n) is 16.0. The first-order valence-electron chi connectivity index (χ1n) is 9.70. The first-order valence-corrected chi connectivity index (χ1v) is 10.7. The van der Waals surface area contributed by atoms with E-state index in [1.807, 2.05) is 43.0 Å². The summed E-state index contributed by atoms with van der Waals surface area (Å²) in [6, 6.07) is 7.96. The summed E-state index contributed by atoms with van der Waals surface area (Å²) >= 11 is 1.30. The van der Waals surface area contributed by atoms with Crippen molar-refractivity contribution in [2.75, 3.05) is 18.9 Å². The lowest BCUT2D eigenvalue weighted by atomic mass is 9.94. The van der Waals surface area contributed by atoms with Gasteiger partial charge in [-0.2, -0.15) is 0 Å². The van der Waals surface area contributed by atoms with Gasteiger partial charge in [-0.25, -0.2) is 0 Å². The Labute approximate surface area is 164 Å². The highest BCUT2D eigenvalue weighted by Gasteiger charge is 2.24. The molecule has 0 radical (unpaired) electrons. The Morgan fingerprint density at radius 3 is 2.74 bits per heavy atom. The number of ether oxygens (including phenoxy) is 1. The third-order valence-electron chi connectivity index (χ3n) is 4.82. The number of carbonyl (C=O) groups excluding carboxylic acids is 1. The van der Waals surface area contributed by atoms with Crippen LogP contribution in [0.3, 0.4) is 0 Å². The van der Waals surface area contributed by atoms with E-state index >= 15 is 0 Å². The summed E-state index contributed by atoms with van der Waals surface area (Å²) in [5, 5.41) is 8.61. The molecule has 2 aromatic rings. The number of aromatic nitrogens is 2. The van der Waals surface area contributed by atoms with E-state index in [2.05, 4.69) is 10.2 Å². The lowest BCUT2D eigenvalue weighted by molar-refractivity contribution is -0.131. The molecule has 0 saturated heterocycles. The van der Waals surface area contributed by atoms with E-state index in [1.54, 1.807) is 0 Å². The molecular weight excluding hydrogens is 362 g/mol. The van der Waals surface area contributed by atoms with Crippen molar-refractivity contribution >= 4 is 17.7 Å². The van der Waals surface area contributed by atoms with Crippen molar-refractivity contribution in [2.24, 2.45) is 0 Å². The molecule has 0 spiro atoms. The molecule has 7 heteroatoms. The van der Waals surface area contributed by atoms with Gasteiger partial charge in [0.15, 0.2) is 0 Å². The van der Waals surface area contributed by atoms with Crippen LogP contribution in [0.2, 0.25) is 0 Å². The van der Waals surface area contributed by atoms with Gasteiger partial charge >= 0.3 is 0 Å². The number of hydrogen-bond acceptors (Lipinski definition) is 6. The van der Waals surface area contributed by atoms with Crippen molar-refractivity contribution in [3.63, 3.8) is 0 Å². The minimum absolute atomic E-state index is 0.142. The van der Waals surface area contributed by atoms with Crippen molar-refractivity contribution < 1.29 is 13.9 Å². The lowest BCUT2D eigenvalue weighted by Crippen LogP contribution is -2.42. The van der Waals surface area contributed by atoms with E-state index in [0.717, 1.165) is 24.9 Å². The molecule has 3 rings (SSSR count). The van der Waals surface area contributed by atoms with E-state index in [-0.39, 0.29) is 5.91 Å². The number of rotatable bonds is 8. The fraction of sp³-hybridized carbons (Fsp3) is 0.550. The van der Waals surface area contributed by atoms with Crippen LogP contribution in [0.1, 0.15) is 46.0 Å². The van der Waals surface area contributed by atoms with Crippen LogP contribution < -0.4 is 4.74 Å². The third kappa shape index (κ3) is 5.03. The van der Waals surface area contributed by atoms with Crippen LogP contribution in [-0.4, -0.2) is 46.0 Å². The van der Waals surface area contributed by atoms with Crippen LogP contribution in [0.4, 0.5) is 0 Å². The van der Waals surface area contributed by atoms with E-state index in [0.29, 0.717) is 35.3 Å². The summed E-state index contributed by atoms with van der Waals surface area (Å²) in [4.78, 5) is 14.7. The van der Waals surface area contributed by atoms with E-state index in [4.69, 9.17) is 9.15 Å². The maximum absolute atomic E-state index is 12.7. The normalized spacial score (nSPS) is 14.9. The average Bonchev–Trinajstić information content (AvgIpc) is 3.17. The Morgan fingerprint density at radius 1 is 1.22 bits per heavy atom. The SMILES string of the molecule is CCOc1ccccc1-c1nnc(SCC(=O)N(CC)C2CCCCC2)o1. The van der Waals surface area contributed by atoms with E-state index < -0.39 is 0 Å². The summed E-state index contributed by atoms with van der Waals surface area (Å²) in [7, 11) is 0. The molecule has 1 heterocycles. The fourth-order valence-corrected chi connectivity index (χ4v) is 4.19. The van der Waals surface area contributed by atoms with Gasteiger partial charge in [-0.3, -0.25) is 4.79 Å². The molecule has 1 saturated carbocycles. The van der Waals surface area contributed by atoms with Gasteiger partial charge in [-0.15, -0.1) is 10.2 Å². The fourth-order valence-electron chi connectivity index (χ4n) is 3.54. The second-order valence-electron chi connectivity index (χ2n) is 6.56. The van der Waals surface area contributed by atoms with Crippen LogP contribution in [0.5, 0.6) is 5.75 Å². The lowest BCUT2D eigenvalue weighted by Gasteiger charge is -2.33. The number of nitrogens with zero attached hydrogens (tertiary/aromatic N) is 3. The molecule has 6 nitrogen and oxygen atoms in total. The maximum Gasteiger partial charge on any atom is 0.277 e. The molecule has 0 aliphatic heterocycles. The van der Waals surface area contributed by atoms with Crippen molar-refractivity contribution in [2.45, 2.75) is 57.2 Å². The standard InChI is InChI=1S/C20H27N3O3S/c1-3-23(15-10-6-5-7-11-15)18(24)14-27-20-22-21-19(26-20)16-12-8-9-13-17(16)25-4-2/h8-9,12-13,15H,3-7,10-11,14H2,1-2H3. The maximum atomic E-state index is 12.7. The van der Waals surface area contributed by atoms with Gasteiger partial charge in [0, 0.05) is 12.6 Å². The molecule has 146 valence electrons. The molecule has 1 aliphatic rings. The Bertz CT molecular complexity index is 744. The predicted octanol–water partition coefficient (Wildman–Crippen LogP) is 4.41. The molecule has 1 aromatic heterocycles. The number of para-hydroxylation sites is 1. The highest BCUT2D eigenvalue weighted by atomic mass is 32.2. The summed E-state index contributed by atoms with van der Waals surface area (Å²) in [6.45, 7) is 5.30. The van der Waals surface area contributed by atoms with Crippen LogP contribution in [0.25, 0.3) is 11.5 Å². The first-order chi connectivity index (χ1) is 13.2. The number of hydrogen-bond donors (Lipinski definition) is 0. The first kappa shape index (κ1) is 19.7. The van der Waals surface area contributed by atoms with Gasteiger partial charge in [-0.05, 0) is 38.8 Å². The highest BCUT2D eigenvalue weighted by molar-refractivity contribution is 7.99. The van der Waals surface area contributed by atoms with Crippen molar-refractivity contribution in [1.82, 2.24) is 15.1 Å². The second kappa shape index (κ2) is 9.78.